The Morgan fingerprint density at radius 2 is 1.88 bits per heavy atom. The van der Waals surface area contributed by atoms with Gasteiger partial charge in [-0.25, -0.2) is 0 Å². The van der Waals surface area contributed by atoms with E-state index in [0.29, 0.717) is 5.75 Å². The van der Waals surface area contributed by atoms with E-state index in [4.69, 9.17) is 14.8 Å². The number of aromatic nitrogens is 1. The number of hydrogen-bond acceptors (Lipinski definition) is 7. The standard InChI is InChI=1S/C24H20N4O4/c25-7-9-31-15-5-3-14(4-6-15)21-20-16-10-17(22(20)32-27-21)19-18(16)23(29)28(24(19)30)12-13-2-1-8-26-11-13/h1-6,8,11,16-20,22H,9-10,12H2/t16-,17+,18+,19-,20+,22+/m0/s1. The molecule has 1 saturated heterocycles. The van der Waals surface area contributed by atoms with E-state index >= 15 is 0 Å². The molecule has 2 saturated carbocycles. The molecule has 1 aromatic heterocycles. The van der Waals surface area contributed by atoms with Gasteiger partial charge in [0, 0.05) is 29.8 Å². The molecule has 2 aliphatic carbocycles. The smallest absolute Gasteiger partial charge is 0.233 e. The third kappa shape index (κ3) is 2.67. The van der Waals surface area contributed by atoms with Gasteiger partial charge in [-0.1, -0.05) is 11.2 Å². The van der Waals surface area contributed by atoms with Crippen LogP contribution >= 0.6 is 0 Å². The van der Waals surface area contributed by atoms with Gasteiger partial charge >= 0.3 is 0 Å². The minimum atomic E-state index is -0.318. The predicted molar refractivity (Wildman–Crippen MR) is 111 cm³/mol. The summed E-state index contributed by atoms with van der Waals surface area (Å²) >= 11 is 0. The molecule has 6 atom stereocenters. The Balaban J connectivity index is 1.24. The van der Waals surface area contributed by atoms with Gasteiger partial charge in [0.05, 0.1) is 24.1 Å². The van der Waals surface area contributed by atoms with Gasteiger partial charge in [0.25, 0.3) is 0 Å². The number of likely N-dealkylation sites (tertiary alicyclic amines) is 1. The van der Waals surface area contributed by atoms with Crippen LogP contribution in [0.25, 0.3) is 0 Å². The van der Waals surface area contributed by atoms with Gasteiger partial charge in [-0.3, -0.25) is 19.5 Å². The number of fused-ring (bicyclic) bond motifs is 8. The number of hydrogen-bond donors (Lipinski definition) is 0. The number of nitriles is 1. The van der Waals surface area contributed by atoms with E-state index in [9.17, 15) is 9.59 Å². The van der Waals surface area contributed by atoms with E-state index in [0.717, 1.165) is 23.3 Å². The summed E-state index contributed by atoms with van der Waals surface area (Å²) in [5, 5.41) is 13.0. The van der Waals surface area contributed by atoms with Crippen LogP contribution in [0.5, 0.6) is 5.75 Å². The largest absolute Gasteiger partial charge is 0.479 e. The first-order valence-corrected chi connectivity index (χ1v) is 10.8. The average molecular weight is 428 g/mol. The van der Waals surface area contributed by atoms with Crippen molar-refractivity contribution < 1.29 is 19.2 Å². The highest BCUT2D eigenvalue weighted by atomic mass is 16.6. The summed E-state index contributed by atoms with van der Waals surface area (Å²) in [7, 11) is 0. The number of amides is 2. The number of rotatable bonds is 5. The Kier molecular flexibility index (Phi) is 4.25. The number of benzene rings is 1. The number of pyridine rings is 1. The molecule has 0 N–H and O–H groups in total. The number of carbonyl (C=O) groups excluding carboxylic acids is 2. The number of ether oxygens (including phenoxy) is 1. The van der Waals surface area contributed by atoms with Crippen molar-refractivity contribution in [3.63, 3.8) is 0 Å². The second kappa shape index (κ2) is 7.16. The highest BCUT2D eigenvalue weighted by Crippen LogP contribution is 2.61. The Bertz CT molecular complexity index is 1160. The van der Waals surface area contributed by atoms with Crippen LogP contribution in [-0.2, 0) is 21.0 Å². The van der Waals surface area contributed by atoms with Crippen LogP contribution in [0.15, 0.2) is 53.9 Å². The minimum absolute atomic E-state index is 0.00205. The lowest BCUT2D eigenvalue weighted by Crippen LogP contribution is -2.41. The molecule has 1 aromatic carbocycles. The first kappa shape index (κ1) is 19.0. The molecule has 0 spiro atoms. The van der Waals surface area contributed by atoms with Crippen molar-refractivity contribution in [3.05, 3.63) is 59.9 Å². The van der Waals surface area contributed by atoms with Crippen molar-refractivity contribution in [2.45, 2.75) is 19.1 Å². The lowest BCUT2D eigenvalue weighted by molar-refractivity contribution is -0.141. The molecular weight excluding hydrogens is 408 g/mol. The third-order valence-electron chi connectivity index (χ3n) is 7.30. The number of carbonyl (C=O) groups is 2. The highest BCUT2D eigenvalue weighted by Gasteiger charge is 2.70. The summed E-state index contributed by atoms with van der Waals surface area (Å²) in [6.07, 6.45) is 4.01. The van der Waals surface area contributed by atoms with E-state index in [2.05, 4.69) is 10.1 Å². The fourth-order valence-electron chi connectivity index (χ4n) is 6.09. The van der Waals surface area contributed by atoms with E-state index in [1.54, 1.807) is 24.5 Å². The van der Waals surface area contributed by atoms with Gasteiger partial charge < -0.3 is 9.57 Å². The topological polar surface area (TPSA) is 105 Å². The maximum Gasteiger partial charge on any atom is 0.233 e. The fourth-order valence-corrected chi connectivity index (χ4v) is 6.09. The van der Waals surface area contributed by atoms with Gasteiger partial charge in [0.2, 0.25) is 11.8 Å². The van der Waals surface area contributed by atoms with Gasteiger partial charge in [-0.2, -0.15) is 5.26 Å². The lowest BCUT2D eigenvalue weighted by atomic mass is 9.71. The molecule has 6 rings (SSSR count). The molecule has 2 bridgehead atoms. The van der Waals surface area contributed by atoms with Crippen LogP contribution in [-0.4, -0.2) is 40.1 Å². The number of nitrogens with zero attached hydrogens (tertiary/aromatic N) is 4. The first-order valence-electron chi connectivity index (χ1n) is 10.8. The van der Waals surface area contributed by atoms with E-state index in [-0.39, 0.29) is 60.7 Å². The van der Waals surface area contributed by atoms with E-state index in [1.165, 1.54) is 4.90 Å². The minimum Gasteiger partial charge on any atom is -0.479 e. The third-order valence-corrected chi connectivity index (χ3v) is 7.30. The normalized spacial score (nSPS) is 31.7. The van der Waals surface area contributed by atoms with Crippen LogP contribution in [0, 0.1) is 40.9 Å². The molecule has 8 heteroatoms. The molecule has 0 radical (unpaired) electrons. The second-order valence-corrected chi connectivity index (χ2v) is 8.78. The zero-order chi connectivity index (χ0) is 21.8. The lowest BCUT2D eigenvalue weighted by Gasteiger charge is -2.29. The molecule has 2 amide bonds. The van der Waals surface area contributed by atoms with Crippen LogP contribution in [0.1, 0.15) is 17.5 Å². The molecule has 8 nitrogen and oxygen atoms in total. The van der Waals surface area contributed by atoms with Gasteiger partial charge in [-0.15, -0.1) is 0 Å². The van der Waals surface area contributed by atoms with Gasteiger partial charge in [-0.05, 0) is 48.2 Å². The molecule has 4 aliphatic rings. The molecular formula is C24H20N4O4. The van der Waals surface area contributed by atoms with E-state index < -0.39 is 0 Å². The van der Waals surface area contributed by atoms with Crippen molar-refractivity contribution in [2.24, 2.45) is 34.7 Å². The average Bonchev–Trinajstić information content (AvgIpc) is 3.56. The van der Waals surface area contributed by atoms with Gasteiger partial charge in [0.15, 0.2) is 6.61 Å². The monoisotopic (exact) mass is 428 g/mol. The zero-order valence-corrected chi connectivity index (χ0v) is 17.1. The Morgan fingerprint density at radius 3 is 2.59 bits per heavy atom. The summed E-state index contributed by atoms with van der Waals surface area (Å²) in [6, 6.07) is 13.0. The molecule has 3 heterocycles. The van der Waals surface area contributed by atoms with Crippen molar-refractivity contribution in [1.82, 2.24) is 9.88 Å². The highest BCUT2D eigenvalue weighted by molar-refractivity contribution is 6.08. The summed E-state index contributed by atoms with van der Waals surface area (Å²) in [6.45, 7) is 0.256. The summed E-state index contributed by atoms with van der Waals surface area (Å²) in [5.41, 5.74) is 2.59. The predicted octanol–water partition coefficient (Wildman–Crippen LogP) is 2.15. The number of imide groups is 1. The van der Waals surface area contributed by atoms with E-state index in [1.807, 2.05) is 30.3 Å². The molecule has 2 aliphatic heterocycles. The van der Waals surface area contributed by atoms with Crippen LogP contribution in [0.3, 0.4) is 0 Å². The second-order valence-electron chi connectivity index (χ2n) is 8.78. The first-order chi connectivity index (χ1) is 15.7. The fraction of sp³-hybridized carbons (Fsp3) is 0.375. The van der Waals surface area contributed by atoms with Crippen LogP contribution in [0.2, 0.25) is 0 Å². The molecule has 3 fully saturated rings. The van der Waals surface area contributed by atoms with Crippen molar-refractivity contribution in [2.75, 3.05) is 6.61 Å². The van der Waals surface area contributed by atoms with Crippen molar-refractivity contribution in [1.29, 1.82) is 5.26 Å². The van der Waals surface area contributed by atoms with Gasteiger partial charge in [0.1, 0.15) is 17.9 Å². The van der Waals surface area contributed by atoms with Crippen LogP contribution in [0.4, 0.5) is 0 Å². The quantitative estimate of drug-likeness (QED) is 0.676. The summed E-state index contributed by atoms with van der Waals surface area (Å²) < 4.78 is 5.33. The summed E-state index contributed by atoms with van der Waals surface area (Å²) in [5.74, 6) is -0.139. The molecule has 160 valence electrons. The van der Waals surface area contributed by atoms with Crippen molar-refractivity contribution in [3.8, 4) is 11.8 Å². The Morgan fingerprint density at radius 1 is 1.09 bits per heavy atom. The maximum atomic E-state index is 13.3. The summed E-state index contributed by atoms with van der Waals surface area (Å²) in [4.78, 5) is 37.9. The van der Waals surface area contributed by atoms with Crippen LogP contribution < -0.4 is 4.74 Å². The number of oxime groups is 1. The zero-order valence-electron chi connectivity index (χ0n) is 17.1. The van der Waals surface area contributed by atoms with Crippen molar-refractivity contribution >= 4 is 17.5 Å². The molecule has 2 aromatic rings. The molecule has 32 heavy (non-hydrogen) atoms. The Labute approximate surface area is 184 Å². The maximum absolute atomic E-state index is 13.3. The molecule has 0 unspecified atom stereocenters. The Hall–Kier alpha value is -3.73. The SMILES string of the molecule is N#CCOc1ccc(C2=NO[C@@H]3[C@@H]4C[C@@H]([C@H]5C(=O)N(Cc6cccnc6)C(=O)[C@@H]45)[C@H]23)cc1.